The predicted octanol–water partition coefficient (Wildman–Crippen LogP) is 4.62. The van der Waals surface area contributed by atoms with Crippen LogP contribution in [0.3, 0.4) is 0 Å². The number of aryl methyl sites for hydroxylation is 2. The molecule has 1 aliphatic rings. The van der Waals surface area contributed by atoms with Gasteiger partial charge in [0.15, 0.2) is 0 Å². The summed E-state index contributed by atoms with van der Waals surface area (Å²) in [5.74, 6) is 0.595. The number of nitrogens with one attached hydrogen (secondary N) is 1. The van der Waals surface area contributed by atoms with E-state index in [9.17, 15) is 4.39 Å². The molecular formula is C17H17BrFNO. The molecule has 110 valence electrons. The molecule has 4 heteroatoms. The first kappa shape index (κ1) is 14.4. The number of ether oxygens (including phenoxy) is 1. The van der Waals surface area contributed by atoms with Crippen LogP contribution < -0.4 is 10.1 Å². The van der Waals surface area contributed by atoms with E-state index in [1.54, 1.807) is 12.1 Å². The third kappa shape index (κ3) is 3.05. The van der Waals surface area contributed by atoms with E-state index in [0.29, 0.717) is 6.54 Å². The molecule has 0 saturated carbocycles. The SMILES string of the molecule is Cc1cc(Br)cc(C)c1NCC1Cc2cc(F)ccc2O1. The van der Waals surface area contributed by atoms with Crippen LogP contribution in [0.25, 0.3) is 0 Å². The summed E-state index contributed by atoms with van der Waals surface area (Å²) in [7, 11) is 0. The molecule has 21 heavy (non-hydrogen) atoms. The second-order valence-electron chi connectivity index (χ2n) is 5.49. The van der Waals surface area contributed by atoms with Gasteiger partial charge in [0, 0.05) is 22.1 Å². The average Bonchev–Trinajstić information content (AvgIpc) is 2.79. The Labute approximate surface area is 132 Å². The van der Waals surface area contributed by atoms with Crippen molar-refractivity contribution in [2.75, 3.05) is 11.9 Å². The van der Waals surface area contributed by atoms with Crippen LogP contribution in [0.1, 0.15) is 16.7 Å². The van der Waals surface area contributed by atoms with Crippen molar-refractivity contribution in [1.82, 2.24) is 0 Å². The predicted molar refractivity (Wildman–Crippen MR) is 86.6 cm³/mol. The molecule has 1 heterocycles. The van der Waals surface area contributed by atoms with Gasteiger partial charge in [0.25, 0.3) is 0 Å². The fourth-order valence-electron chi connectivity index (χ4n) is 2.81. The van der Waals surface area contributed by atoms with Gasteiger partial charge in [-0.25, -0.2) is 4.39 Å². The molecule has 0 saturated heterocycles. The lowest BCUT2D eigenvalue weighted by atomic mass is 10.1. The molecule has 0 amide bonds. The van der Waals surface area contributed by atoms with Gasteiger partial charge in [-0.15, -0.1) is 0 Å². The van der Waals surface area contributed by atoms with Crippen molar-refractivity contribution in [2.24, 2.45) is 0 Å². The van der Waals surface area contributed by atoms with Crippen LogP contribution in [0, 0.1) is 19.7 Å². The second-order valence-corrected chi connectivity index (χ2v) is 6.41. The molecule has 0 aromatic heterocycles. The fraction of sp³-hybridized carbons (Fsp3) is 0.294. The van der Waals surface area contributed by atoms with Gasteiger partial charge in [0.1, 0.15) is 17.7 Å². The Morgan fingerprint density at radius 1 is 1.24 bits per heavy atom. The third-order valence-corrected chi connectivity index (χ3v) is 4.23. The van der Waals surface area contributed by atoms with Crippen LogP contribution in [-0.4, -0.2) is 12.6 Å². The maximum Gasteiger partial charge on any atom is 0.123 e. The molecule has 1 unspecified atom stereocenters. The number of benzene rings is 2. The zero-order valence-electron chi connectivity index (χ0n) is 12.0. The highest BCUT2D eigenvalue weighted by Crippen LogP contribution is 2.30. The molecule has 1 aliphatic heterocycles. The normalized spacial score (nSPS) is 16.5. The number of rotatable bonds is 3. The van der Waals surface area contributed by atoms with Crippen LogP contribution in [0.15, 0.2) is 34.8 Å². The van der Waals surface area contributed by atoms with Crippen LogP contribution in [0.4, 0.5) is 10.1 Å². The number of halogens is 2. The highest BCUT2D eigenvalue weighted by molar-refractivity contribution is 9.10. The topological polar surface area (TPSA) is 21.3 Å². The van der Waals surface area contributed by atoms with Gasteiger partial charge in [-0.2, -0.15) is 0 Å². The van der Waals surface area contributed by atoms with Crippen molar-refractivity contribution in [3.63, 3.8) is 0 Å². The summed E-state index contributed by atoms with van der Waals surface area (Å²) in [6.07, 6.45) is 0.790. The second kappa shape index (κ2) is 5.68. The number of hydrogen-bond donors (Lipinski definition) is 1. The molecular weight excluding hydrogens is 333 g/mol. The van der Waals surface area contributed by atoms with Gasteiger partial charge < -0.3 is 10.1 Å². The maximum atomic E-state index is 13.2. The lowest BCUT2D eigenvalue weighted by Crippen LogP contribution is -2.24. The van der Waals surface area contributed by atoms with Crippen LogP contribution in [0.5, 0.6) is 5.75 Å². The summed E-state index contributed by atoms with van der Waals surface area (Å²) >= 11 is 3.50. The Morgan fingerprint density at radius 2 is 1.95 bits per heavy atom. The largest absolute Gasteiger partial charge is 0.488 e. The van der Waals surface area contributed by atoms with Gasteiger partial charge in [-0.1, -0.05) is 15.9 Å². The summed E-state index contributed by atoms with van der Waals surface area (Å²) in [6, 6.07) is 8.90. The lowest BCUT2D eigenvalue weighted by Gasteiger charge is -2.17. The molecule has 0 radical (unpaired) electrons. The summed E-state index contributed by atoms with van der Waals surface area (Å²) in [5.41, 5.74) is 4.49. The lowest BCUT2D eigenvalue weighted by molar-refractivity contribution is 0.246. The van der Waals surface area contributed by atoms with E-state index in [4.69, 9.17) is 4.74 Å². The van der Waals surface area contributed by atoms with Gasteiger partial charge in [-0.3, -0.25) is 0 Å². The summed E-state index contributed by atoms with van der Waals surface area (Å²) < 4.78 is 20.1. The van der Waals surface area contributed by atoms with E-state index in [-0.39, 0.29) is 11.9 Å². The van der Waals surface area contributed by atoms with Crippen LogP contribution in [-0.2, 0) is 6.42 Å². The molecule has 2 aromatic rings. The first-order chi connectivity index (χ1) is 10.0. The molecule has 0 bridgehead atoms. The molecule has 1 N–H and O–H groups in total. The molecule has 3 rings (SSSR count). The Morgan fingerprint density at radius 3 is 2.67 bits per heavy atom. The van der Waals surface area contributed by atoms with E-state index in [2.05, 4.69) is 47.2 Å². The van der Waals surface area contributed by atoms with Gasteiger partial charge >= 0.3 is 0 Å². The fourth-order valence-corrected chi connectivity index (χ4v) is 3.50. The summed E-state index contributed by atoms with van der Waals surface area (Å²) in [4.78, 5) is 0. The Balaban J connectivity index is 1.68. The minimum Gasteiger partial charge on any atom is -0.488 e. The maximum absolute atomic E-state index is 13.2. The van der Waals surface area contributed by atoms with E-state index < -0.39 is 0 Å². The van der Waals surface area contributed by atoms with E-state index >= 15 is 0 Å². The zero-order valence-corrected chi connectivity index (χ0v) is 13.6. The average molecular weight is 350 g/mol. The zero-order chi connectivity index (χ0) is 15.0. The van der Waals surface area contributed by atoms with Crippen LogP contribution >= 0.6 is 15.9 Å². The van der Waals surface area contributed by atoms with Gasteiger partial charge in [0.2, 0.25) is 0 Å². The van der Waals surface area contributed by atoms with Crippen molar-refractivity contribution in [3.05, 3.63) is 57.3 Å². The highest BCUT2D eigenvalue weighted by Gasteiger charge is 2.23. The third-order valence-electron chi connectivity index (χ3n) is 3.77. The molecule has 1 atom stereocenters. The number of anilines is 1. The monoisotopic (exact) mass is 349 g/mol. The van der Waals surface area contributed by atoms with Crippen molar-refractivity contribution in [2.45, 2.75) is 26.4 Å². The summed E-state index contributed by atoms with van der Waals surface area (Å²) in [5, 5.41) is 3.46. The van der Waals surface area contributed by atoms with E-state index in [1.807, 2.05) is 0 Å². The van der Waals surface area contributed by atoms with Crippen LogP contribution in [0.2, 0.25) is 0 Å². The Bertz CT molecular complexity index is 663. The Hall–Kier alpha value is -1.55. The van der Waals surface area contributed by atoms with Crippen molar-refractivity contribution in [1.29, 1.82) is 0 Å². The first-order valence-electron chi connectivity index (χ1n) is 6.98. The van der Waals surface area contributed by atoms with Gasteiger partial charge in [-0.05, 0) is 55.3 Å². The van der Waals surface area contributed by atoms with Crippen molar-refractivity contribution in [3.8, 4) is 5.75 Å². The molecule has 0 aliphatic carbocycles. The highest BCUT2D eigenvalue weighted by atomic mass is 79.9. The smallest absolute Gasteiger partial charge is 0.123 e. The minimum atomic E-state index is -0.203. The van der Waals surface area contributed by atoms with Crippen molar-refractivity contribution >= 4 is 21.6 Å². The number of fused-ring (bicyclic) bond motifs is 1. The number of hydrogen-bond acceptors (Lipinski definition) is 2. The molecule has 0 fully saturated rings. The van der Waals surface area contributed by atoms with Crippen molar-refractivity contribution < 1.29 is 9.13 Å². The minimum absolute atomic E-state index is 0.0456. The van der Waals surface area contributed by atoms with E-state index in [1.165, 1.54) is 17.2 Å². The van der Waals surface area contributed by atoms with E-state index in [0.717, 1.165) is 27.9 Å². The molecule has 0 spiro atoms. The molecule has 2 nitrogen and oxygen atoms in total. The molecule has 2 aromatic carbocycles. The van der Waals surface area contributed by atoms with Gasteiger partial charge in [0.05, 0.1) is 6.54 Å². The standard InChI is InChI=1S/C17H17BrFNO/c1-10-5-13(18)6-11(2)17(10)20-9-15-8-12-7-14(19)3-4-16(12)21-15/h3-7,15,20H,8-9H2,1-2H3. The quantitative estimate of drug-likeness (QED) is 0.872. The Kier molecular flexibility index (Phi) is 3.89. The first-order valence-corrected chi connectivity index (χ1v) is 7.78. The summed E-state index contributed by atoms with van der Waals surface area (Å²) in [6.45, 7) is 4.87.